The van der Waals surface area contributed by atoms with E-state index in [0.717, 1.165) is 12.8 Å². The molecule has 0 aromatic heterocycles. The number of rotatable bonds is 4. The number of allylic oxidation sites excluding steroid dienone is 2. The van der Waals surface area contributed by atoms with Crippen molar-refractivity contribution in [3.8, 4) is 0 Å². The molecule has 0 bridgehead atoms. The lowest BCUT2D eigenvalue weighted by atomic mass is 10.0. The van der Waals surface area contributed by atoms with E-state index in [1.165, 1.54) is 0 Å². The minimum Gasteiger partial charge on any atom is -0.327 e. The van der Waals surface area contributed by atoms with Crippen LogP contribution < -0.4 is 5.73 Å². The molecule has 0 aliphatic carbocycles. The molecule has 0 aliphatic heterocycles. The summed E-state index contributed by atoms with van der Waals surface area (Å²) in [5, 5.41) is 0. The van der Waals surface area contributed by atoms with Crippen molar-refractivity contribution in [1.29, 1.82) is 0 Å². The predicted molar refractivity (Wildman–Crippen MR) is 46.9 cm³/mol. The van der Waals surface area contributed by atoms with Crippen LogP contribution in [0.15, 0.2) is 12.2 Å². The first-order valence-electron chi connectivity index (χ1n) is 4.05. The molecule has 60 valence electrons. The highest BCUT2D eigenvalue weighted by molar-refractivity contribution is 4.79. The molecule has 2 N–H and O–H groups in total. The Bertz CT molecular complexity index is 94.9. The van der Waals surface area contributed by atoms with Crippen LogP contribution in [0.4, 0.5) is 0 Å². The zero-order valence-corrected chi connectivity index (χ0v) is 7.30. The van der Waals surface area contributed by atoms with Gasteiger partial charge in [0.2, 0.25) is 0 Å². The van der Waals surface area contributed by atoms with Crippen molar-refractivity contribution in [3.05, 3.63) is 12.2 Å². The minimum absolute atomic E-state index is 0.371. The quantitative estimate of drug-likeness (QED) is 0.597. The molecule has 10 heavy (non-hydrogen) atoms. The second-order valence-corrected chi connectivity index (χ2v) is 3.05. The molecule has 0 saturated carbocycles. The SMILES string of the molecule is C/C=C/CC[C@@H](N)C(C)C. The topological polar surface area (TPSA) is 26.0 Å². The summed E-state index contributed by atoms with van der Waals surface area (Å²) >= 11 is 0. The van der Waals surface area contributed by atoms with Crippen LogP contribution in [-0.4, -0.2) is 6.04 Å². The highest BCUT2D eigenvalue weighted by Gasteiger charge is 2.04. The molecular weight excluding hydrogens is 122 g/mol. The molecule has 1 heteroatoms. The summed E-state index contributed by atoms with van der Waals surface area (Å²) in [6.45, 7) is 6.38. The largest absolute Gasteiger partial charge is 0.327 e. The molecule has 0 rings (SSSR count). The summed E-state index contributed by atoms with van der Waals surface area (Å²) in [4.78, 5) is 0. The smallest absolute Gasteiger partial charge is 0.00648 e. The lowest BCUT2D eigenvalue weighted by Crippen LogP contribution is -2.25. The molecule has 0 radical (unpaired) electrons. The third-order valence-corrected chi connectivity index (χ3v) is 1.76. The van der Waals surface area contributed by atoms with Gasteiger partial charge in [-0.25, -0.2) is 0 Å². The Morgan fingerprint density at radius 1 is 1.40 bits per heavy atom. The molecule has 0 spiro atoms. The van der Waals surface area contributed by atoms with Crippen molar-refractivity contribution in [2.75, 3.05) is 0 Å². The molecular formula is C9H19N. The fraction of sp³-hybridized carbons (Fsp3) is 0.778. The van der Waals surface area contributed by atoms with Gasteiger partial charge in [0.05, 0.1) is 0 Å². The summed E-state index contributed by atoms with van der Waals surface area (Å²) in [5.41, 5.74) is 5.82. The summed E-state index contributed by atoms with van der Waals surface area (Å²) in [6.07, 6.45) is 6.48. The van der Waals surface area contributed by atoms with Gasteiger partial charge in [-0.1, -0.05) is 26.0 Å². The maximum absolute atomic E-state index is 5.82. The first kappa shape index (κ1) is 9.70. The van der Waals surface area contributed by atoms with Crippen LogP contribution in [0, 0.1) is 5.92 Å². The van der Waals surface area contributed by atoms with E-state index >= 15 is 0 Å². The fourth-order valence-corrected chi connectivity index (χ4v) is 0.789. The average molecular weight is 141 g/mol. The lowest BCUT2D eigenvalue weighted by molar-refractivity contribution is 0.467. The normalized spacial score (nSPS) is 14.9. The summed E-state index contributed by atoms with van der Waals surface area (Å²) in [7, 11) is 0. The maximum Gasteiger partial charge on any atom is 0.00648 e. The molecule has 1 atom stereocenters. The summed E-state index contributed by atoms with van der Waals surface area (Å²) in [6, 6.07) is 0.371. The predicted octanol–water partition coefficient (Wildman–Crippen LogP) is 2.33. The van der Waals surface area contributed by atoms with Crippen molar-refractivity contribution in [1.82, 2.24) is 0 Å². The van der Waals surface area contributed by atoms with Gasteiger partial charge in [0, 0.05) is 6.04 Å². The van der Waals surface area contributed by atoms with Gasteiger partial charge in [-0.3, -0.25) is 0 Å². The fourth-order valence-electron chi connectivity index (χ4n) is 0.789. The Kier molecular flexibility index (Phi) is 5.32. The van der Waals surface area contributed by atoms with Crippen LogP contribution in [-0.2, 0) is 0 Å². The van der Waals surface area contributed by atoms with Gasteiger partial charge in [0.1, 0.15) is 0 Å². The van der Waals surface area contributed by atoms with Crippen molar-refractivity contribution < 1.29 is 0 Å². The number of nitrogens with two attached hydrogens (primary N) is 1. The first-order valence-corrected chi connectivity index (χ1v) is 4.05. The Morgan fingerprint density at radius 2 is 2.00 bits per heavy atom. The first-order chi connectivity index (χ1) is 4.68. The lowest BCUT2D eigenvalue weighted by Gasteiger charge is -2.13. The second-order valence-electron chi connectivity index (χ2n) is 3.05. The van der Waals surface area contributed by atoms with E-state index in [-0.39, 0.29) is 0 Å². The van der Waals surface area contributed by atoms with Crippen molar-refractivity contribution >= 4 is 0 Å². The van der Waals surface area contributed by atoms with Gasteiger partial charge in [-0.2, -0.15) is 0 Å². The zero-order chi connectivity index (χ0) is 7.98. The molecule has 0 unspecified atom stereocenters. The van der Waals surface area contributed by atoms with Crippen LogP contribution >= 0.6 is 0 Å². The van der Waals surface area contributed by atoms with Crippen molar-refractivity contribution in [2.45, 2.75) is 39.7 Å². The molecule has 0 heterocycles. The average Bonchev–Trinajstić information content (AvgIpc) is 1.88. The Hall–Kier alpha value is -0.300. The zero-order valence-electron chi connectivity index (χ0n) is 7.30. The van der Waals surface area contributed by atoms with E-state index in [4.69, 9.17) is 5.73 Å². The Labute approximate surface area is 64.3 Å². The molecule has 0 amide bonds. The molecule has 0 saturated heterocycles. The molecule has 0 aromatic rings. The maximum atomic E-state index is 5.82. The molecule has 0 aromatic carbocycles. The van der Waals surface area contributed by atoms with Crippen molar-refractivity contribution in [3.63, 3.8) is 0 Å². The van der Waals surface area contributed by atoms with E-state index in [2.05, 4.69) is 26.0 Å². The van der Waals surface area contributed by atoms with Crippen molar-refractivity contribution in [2.24, 2.45) is 11.7 Å². The Morgan fingerprint density at radius 3 is 2.40 bits per heavy atom. The van der Waals surface area contributed by atoms with Crippen LogP contribution in [0.25, 0.3) is 0 Å². The third kappa shape index (κ3) is 4.57. The van der Waals surface area contributed by atoms with Crippen LogP contribution in [0.5, 0.6) is 0 Å². The third-order valence-electron chi connectivity index (χ3n) is 1.76. The van der Waals surface area contributed by atoms with E-state index in [9.17, 15) is 0 Å². The van der Waals surface area contributed by atoms with Crippen LogP contribution in [0.1, 0.15) is 33.6 Å². The van der Waals surface area contributed by atoms with Gasteiger partial charge in [-0.05, 0) is 25.7 Å². The molecule has 1 nitrogen and oxygen atoms in total. The van der Waals surface area contributed by atoms with Gasteiger partial charge < -0.3 is 5.73 Å². The highest BCUT2D eigenvalue weighted by atomic mass is 14.6. The van der Waals surface area contributed by atoms with Crippen LogP contribution in [0.2, 0.25) is 0 Å². The number of hydrogen-bond donors (Lipinski definition) is 1. The molecule has 0 fully saturated rings. The van der Waals surface area contributed by atoms with E-state index < -0.39 is 0 Å². The van der Waals surface area contributed by atoms with E-state index in [0.29, 0.717) is 12.0 Å². The van der Waals surface area contributed by atoms with E-state index in [1.54, 1.807) is 0 Å². The van der Waals surface area contributed by atoms with Gasteiger partial charge >= 0.3 is 0 Å². The number of hydrogen-bond acceptors (Lipinski definition) is 1. The highest BCUT2D eigenvalue weighted by Crippen LogP contribution is 2.05. The second kappa shape index (κ2) is 5.48. The molecule has 0 aliphatic rings. The van der Waals surface area contributed by atoms with E-state index in [1.807, 2.05) is 6.92 Å². The monoisotopic (exact) mass is 141 g/mol. The standard InChI is InChI=1S/C9H19N/c1-4-5-6-7-9(10)8(2)3/h4-5,8-9H,6-7,10H2,1-3H3/b5-4+/t9-/m1/s1. The van der Waals surface area contributed by atoms with Gasteiger partial charge in [0.25, 0.3) is 0 Å². The summed E-state index contributed by atoms with van der Waals surface area (Å²) < 4.78 is 0. The summed E-state index contributed by atoms with van der Waals surface area (Å²) in [5.74, 6) is 0.616. The van der Waals surface area contributed by atoms with Crippen LogP contribution in [0.3, 0.4) is 0 Å². The van der Waals surface area contributed by atoms with Gasteiger partial charge in [-0.15, -0.1) is 0 Å². The Balaban J connectivity index is 3.30. The van der Waals surface area contributed by atoms with Gasteiger partial charge in [0.15, 0.2) is 0 Å². The minimum atomic E-state index is 0.371.